The summed E-state index contributed by atoms with van der Waals surface area (Å²) in [5.41, 5.74) is 31.6. The molecular weight excluding hydrogens is 1190 g/mol. The van der Waals surface area contributed by atoms with Crippen molar-refractivity contribution >= 4 is 43.1 Å². The Morgan fingerprint density at radius 1 is 0.202 bits per heavy atom. The van der Waals surface area contributed by atoms with Crippen LogP contribution in [0.4, 0.5) is 0 Å². The first-order chi connectivity index (χ1) is 48.8. The molecule has 476 valence electrons. The molecule has 8 bridgehead atoms. The average molecular weight is 1270 g/mol. The van der Waals surface area contributed by atoms with Crippen molar-refractivity contribution in [2.75, 3.05) is 0 Å². The van der Waals surface area contributed by atoms with E-state index in [9.17, 15) is 0 Å². The van der Waals surface area contributed by atoms with Crippen LogP contribution >= 0.6 is 0 Å². The van der Waals surface area contributed by atoms with E-state index in [1.165, 1.54) is 207 Å². The van der Waals surface area contributed by atoms with Crippen LogP contribution in [0, 0.1) is 47.3 Å². The van der Waals surface area contributed by atoms with E-state index in [0.29, 0.717) is 0 Å². The van der Waals surface area contributed by atoms with Crippen molar-refractivity contribution in [3.05, 3.63) is 312 Å². The fraction of sp³-hybridized carbons (Fsp3) is 0.232. The minimum atomic E-state index is -0.0389. The molecule has 0 atom stereocenters. The van der Waals surface area contributed by atoms with Crippen LogP contribution < -0.4 is 0 Å². The third-order valence-electron chi connectivity index (χ3n) is 27.7. The monoisotopic (exact) mass is 1270 g/mol. The standard InChI is InChI=1S/C51H42.C48H38/c1-50(2)44-17-9-7-11-36(44)38-21-19-33(29-47(38)50)49-41-15-5-3-13-39(41)48(40-14-4-6-16-42(40)49)32-20-22-46-43(28-32)37-12-8-10-18-45(37)51(46)34-24-30-23-31(26-34)27-35(51)25-30;1-2-12-32(13-3-1)36-14-4-5-16-38(36)47-41-19-8-6-17-39(41)46(40-18-7-9-20-42(40)47)33-22-23-45-43(29-33)37-15-10-11-21-44(37)48(45)34-25-30-24-31(27-34)28-35(48)26-30/h3-22,28-31,34-35H,23-27H2,1-2H3;1-23,29-31,34-35H,24-28H2. The Bertz CT molecular complexity index is 5580. The lowest BCUT2D eigenvalue weighted by Gasteiger charge is -2.61. The summed E-state index contributed by atoms with van der Waals surface area (Å²) in [4.78, 5) is 0. The molecule has 0 aliphatic heterocycles. The molecule has 8 saturated carbocycles. The minimum absolute atomic E-state index is 0.0389. The van der Waals surface area contributed by atoms with Crippen molar-refractivity contribution in [2.24, 2.45) is 47.3 Å². The van der Waals surface area contributed by atoms with Gasteiger partial charge < -0.3 is 0 Å². The van der Waals surface area contributed by atoms with Gasteiger partial charge in [-0.15, -0.1) is 0 Å². The predicted molar refractivity (Wildman–Crippen MR) is 414 cm³/mol. The van der Waals surface area contributed by atoms with Gasteiger partial charge in [0.15, 0.2) is 0 Å². The zero-order chi connectivity index (χ0) is 65.0. The molecule has 2 spiro atoms. The van der Waals surface area contributed by atoms with Crippen molar-refractivity contribution in [2.45, 2.75) is 94.3 Å². The van der Waals surface area contributed by atoms with Gasteiger partial charge in [-0.3, -0.25) is 0 Å². The summed E-state index contributed by atoms with van der Waals surface area (Å²) in [5.74, 6) is 6.96. The third-order valence-corrected chi connectivity index (χ3v) is 27.7. The summed E-state index contributed by atoms with van der Waals surface area (Å²) in [6.07, 6.45) is 14.3. The van der Waals surface area contributed by atoms with Crippen LogP contribution in [0.3, 0.4) is 0 Å². The number of fused-ring (bicyclic) bond motifs is 13. The molecule has 0 N–H and O–H groups in total. The van der Waals surface area contributed by atoms with Gasteiger partial charge in [-0.05, 0) is 295 Å². The first kappa shape index (κ1) is 57.1. The first-order valence-corrected chi connectivity index (χ1v) is 37.6. The largest absolute Gasteiger partial charge is 0.0622 e. The molecule has 0 nitrogen and oxygen atoms in total. The Kier molecular flexibility index (Phi) is 12.2. The minimum Gasteiger partial charge on any atom is -0.0622 e. The molecule has 0 aromatic heterocycles. The quantitative estimate of drug-likeness (QED) is 0.151. The lowest BCUT2D eigenvalue weighted by atomic mass is 9.43. The number of hydrogen-bond acceptors (Lipinski definition) is 0. The van der Waals surface area contributed by atoms with E-state index in [0.717, 1.165) is 47.3 Å². The summed E-state index contributed by atoms with van der Waals surface area (Å²) < 4.78 is 0. The van der Waals surface area contributed by atoms with Crippen molar-refractivity contribution < 1.29 is 0 Å². The van der Waals surface area contributed by atoms with E-state index in [4.69, 9.17) is 0 Å². The molecule has 11 aliphatic carbocycles. The zero-order valence-corrected chi connectivity index (χ0v) is 56.7. The molecular formula is C99H80. The normalized spacial score (nSPS) is 25.2. The summed E-state index contributed by atoms with van der Waals surface area (Å²) >= 11 is 0. The Morgan fingerprint density at radius 3 is 0.909 bits per heavy atom. The van der Waals surface area contributed by atoms with E-state index >= 15 is 0 Å². The second-order valence-electron chi connectivity index (χ2n) is 32.5. The van der Waals surface area contributed by atoms with Gasteiger partial charge in [0.2, 0.25) is 0 Å². The van der Waals surface area contributed by atoms with Gasteiger partial charge in [0, 0.05) is 16.2 Å². The van der Waals surface area contributed by atoms with Crippen LogP contribution in [0.2, 0.25) is 0 Å². The zero-order valence-electron chi connectivity index (χ0n) is 56.7. The molecule has 14 aromatic rings. The van der Waals surface area contributed by atoms with Crippen molar-refractivity contribution in [3.63, 3.8) is 0 Å². The molecule has 25 rings (SSSR count). The Hall–Kier alpha value is -9.88. The Balaban J connectivity index is 0.000000127. The molecule has 99 heavy (non-hydrogen) atoms. The lowest BCUT2D eigenvalue weighted by molar-refractivity contribution is -0.0399. The van der Waals surface area contributed by atoms with E-state index in [1.807, 2.05) is 0 Å². The van der Waals surface area contributed by atoms with Gasteiger partial charge in [0.05, 0.1) is 0 Å². The van der Waals surface area contributed by atoms with Gasteiger partial charge in [0.1, 0.15) is 0 Å². The Morgan fingerprint density at radius 2 is 0.495 bits per heavy atom. The molecule has 11 aliphatic rings. The smallest absolute Gasteiger partial charge is 0.0271 e. The van der Waals surface area contributed by atoms with Crippen LogP contribution in [-0.4, -0.2) is 0 Å². The predicted octanol–water partition coefficient (Wildman–Crippen LogP) is 26.1. The molecule has 14 aromatic carbocycles. The molecule has 0 amide bonds. The van der Waals surface area contributed by atoms with Gasteiger partial charge in [-0.2, -0.15) is 0 Å². The fourth-order valence-electron chi connectivity index (χ4n) is 24.5. The maximum Gasteiger partial charge on any atom is 0.0271 e. The topological polar surface area (TPSA) is 0 Å². The third kappa shape index (κ3) is 7.82. The van der Waals surface area contributed by atoms with Crippen LogP contribution in [0.15, 0.2) is 279 Å². The molecule has 8 fully saturated rings. The van der Waals surface area contributed by atoms with Crippen molar-refractivity contribution in [3.8, 4) is 89.0 Å². The molecule has 0 saturated heterocycles. The number of rotatable bonds is 5. The van der Waals surface area contributed by atoms with Crippen molar-refractivity contribution in [1.82, 2.24) is 0 Å². The highest BCUT2D eigenvalue weighted by atomic mass is 14.7. The fourth-order valence-corrected chi connectivity index (χ4v) is 24.5. The van der Waals surface area contributed by atoms with Crippen LogP contribution in [0.25, 0.3) is 132 Å². The second kappa shape index (κ2) is 21.1. The Labute approximate surface area is 582 Å². The van der Waals surface area contributed by atoms with E-state index < -0.39 is 0 Å². The highest BCUT2D eigenvalue weighted by Gasteiger charge is 2.63. The van der Waals surface area contributed by atoms with Crippen LogP contribution in [0.5, 0.6) is 0 Å². The van der Waals surface area contributed by atoms with E-state index in [-0.39, 0.29) is 16.2 Å². The van der Waals surface area contributed by atoms with Gasteiger partial charge in [-0.25, -0.2) is 0 Å². The highest BCUT2D eigenvalue weighted by molar-refractivity contribution is 6.24. The van der Waals surface area contributed by atoms with Gasteiger partial charge >= 0.3 is 0 Å². The maximum atomic E-state index is 2.59. The number of hydrogen-bond donors (Lipinski definition) is 0. The first-order valence-electron chi connectivity index (χ1n) is 37.6. The van der Waals surface area contributed by atoms with Crippen LogP contribution in [0.1, 0.15) is 111 Å². The van der Waals surface area contributed by atoms with E-state index in [1.54, 1.807) is 22.3 Å². The van der Waals surface area contributed by atoms with E-state index in [2.05, 4.69) is 293 Å². The lowest BCUT2D eigenvalue weighted by Crippen LogP contribution is -2.55. The molecule has 0 unspecified atom stereocenters. The molecule has 0 radical (unpaired) electrons. The molecule has 0 heterocycles. The summed E-state index contributed by atoms with van der Waals surface area (Å²) in [6, 6.07) is 107. The van der Waals surface area contributed by atoms with Crippen molar-refractivity contribution in [1.29, 1.82) is 0 Å². The maximum absolute atomic E-state index is 2.59. The highest BCUT2D eigenvalue weighted by Crippen LogP contribution is 2.72. The molecule has 0 heteroatoms. The SMILES string of the molecule is CC1(C)c2ccccc2-c2ccc(-c3c4ccccc4c(-c4ccc5c(c4)-c4ccccc4C54C5CC6CC(C5)CC4C6)c4ccccc34)cc21.c1ccc(-c2ccccc2-c2c3ccccc3c(-c3ccc4c(c3)-c3ccccc3C43C4CC5CC(C4)CC3C5)c3ccccc23)cc1. The summed E-state index contributed by atoms with van der Waals surface area (Å²) in [6.45, 7) is 4.78. The van der Waals surface area contributed by atoms with Gasteiger partial charge in [-0.1, -0.05) is 275 Å². The van der Waals surface area contributed by atoms with Crippen LogP contribution in [-0.2, 0) is 16.2 Å². The van der Waals surface area contributed by atoms with Gasteiger partial charge in [0.25, 0.3) is 0 Å². The second-order valence-corrected chi connectivity index (χ2v) is 32.5. The average Bonchev–Trinajstić information content (AvgIpc) is 1.56. The number of benzene rings is 14. The summed E-state index contributed by atoms with van der Waals surface area (Å²) in [5, 5.41) is 10.6. The summed E-state index contributed by atoms with van der Waals surface area (Å²) in [7, 11) is 0.